The minimum absolute atomic E-state index is 0.0225. The second-order valence-electron chi connectivity index (χ2n) is 8.15. The van der Waals surface area contributed by atoms with Gasteiger partial charge in [0.1, 0.15) is 5.82 Å². The van der Waals surface area contributed by atoms with Crippen LogP contribution >= 0.6 is 0 Å². The van der Waals surface area contributed by atoms with E-state index in [1.165, 1.54) is 0 Å². The Kier molecular flexibility index (Phi) is 7.92. The lowest BCUT2D eigenvalue weighted by Gasteiger charge is -2.36. The maximum absolute atomic E-state index is 12.9. The molecule has 1 saturated heterocycles. The fourth-order valence-corrected chi connectivity index (χ4v) is 4.00. The van der Waals surface area contributed by atoms with E-state index in [9.17, 15) is 4.79 Å². The lowest BCUT2D eigenvalue weighted by Crippen LogP contribution is -2.47. The molecule has 2 heterocycles. The molecule has 0 N–H and O–H groups in total. The van der Waals surface area contributed by atoms with Gasteiger partial charge < -0.3 is 24.3 Å². The first-order valence-corrected chi connectivity index (χ1v) is 11.0. The van der Waals surface area contributed by atoms with E-state index in [4.69, 9.17) is 9.84 Å². The second-order valence-corrected chi connectivity index (χ2v) is 8.15. The van der Waals surface area contributed by atoms with E-state index < -0.39 is 0 Å². The third-order valence-corrected chi connectivity index (χ3v) is 5.84. The smallest absolute Gasteiger partial charge is 0.319 e. The van der Waals surface area contributed by atoms with Gasteiger partial charge in [-0.3, -0.25) is 0 Å². The summed E-state index contributed by atoms with van der Waals surface area (Å²) in [6.07, 6.45) is 0. The SMILES string of the molecule is CCN1CCN(c2c(CN(CCOC)C(=O)N(C)C)c(C)nn2-c2ccccc2)CC1. The number of amides is 2. The van der Waals surface area contributed by atoms with Crippen LogP contribution in [0.1, 0.15) is 18.2 Å². The predicted octanol–water partition coefficient (Wildman–Crippen LogP) is 2.45. The molecule has 0 bridgehead atoms. The molecule has 1 aromatic heterocycles. The Balaban J connectivity index is 2.00. The summed E-state index contributed by atoms with van der Waals surface area (Å²) in [5.74, 6) is 1.09. The van der Waals surface area contributed by atoms with Gasteiger partial charge in [0.2, 0.25) is 0 Å². The molecule has 1 aromatic carbocycles. The zero-order chi connectivity index (χ0) is 22.4. The van der Waals surface area contributed by atoms with Gasteiger partial charge in [0.05, 0.1) is 24.5 Å². The van der Waals surface area contributed by atoms with Crippen molar-refractivity contribution in [1.29, 1.82) is 0 Å². The van der Waals surface area contributed by atoms with Crippen LogP contribution < -0.4 is 4.90 Å². The molecule has 0 spiro atoms. The molecule has 0 aliphatic carbocycles. The van der Waals surface area contributed by atoms with Crippen molar-refractivity contribution in [3.8, 4) is 5.69 Å². The van der Waals surface area contributed by atoms with E-state index >= 15 is 0 Å². The second kappa shape index (κ2) is 10.6. The summed E-state index contributed by atoms with van der Waals surface area (Å²) < 4.78 is 7.31. The van der Waals surface area contributed by atoms with Gasteiger partial charge >= 0.3 is 6.03 Å². The molecule has 0 unspecified atom stereocenters. The molecule has 2 amide bonds. The minimum Gasteiger partial charge on any atom is -0.383 e. The number of piperazine rings is 1. The Morgan fingerprint density at radius 3 is 2.39 bits per heavy atom. The number of para-hydroxylation sites is 1. The first-order valence-electron chi connectivity index (χ1n) is 11.0. The third kappa shape index (κ3) is 5.37. The van der Waals surface area contributed by atoms with E-state index in [0.717, 1.165) is 55.5 Å². The number of nitrogens with zero attached hydrogens (tertiary/aromatic N) is 6. The maximum Gasteiger partial charge on any atom is 0.319 e. The van der Waals surface area contributed by atoms with Crippen LogP contribution in [0.4, 0.5) is 10.6 Å². The first kappa shape index (κ1) is 23.1. The molecule has 170 valence electrons. The van der Waals surface area contributed by atoms with Crippen molar-refractivity contribution in [2.75, 3.05) is 72.0 Å². The van der Waals surface area contributed by atoms with E-state index in [0.29, 0.717) is 19.7 Å². The van der Waals surface area contributed by atoms with E-state index in [1.807, 2.05) is 34.7 Å². The Bertz CT molecular complexity index is 843. The van der Waals surface area contributed by atoms with Crippen molar-refractivity contribution in [2.24, 2.45) is 0 Å². The molecule has 8 nitrogen and oxygen atoms in total. The summed E-state index contributed by atoms with van der Waals surface area (Å²) in [5.41, 5.74) is 3.08. The topological polar surface area (TPSA) is 57.1 Å². The molecule has 0 atom stereocenters. The largest absolute Gasteiger partial charge is 0.383 e. The molecule has 1 aliphatic heterocycles. The standard InChI is InChI=1S/C23H36N6O2/c1-6-26-12-14-27(15-13-26)22-21(18-28(16-17-31-5)23(30)25(3)4)19(2)24-29(22)20-10-8-7-9-11-20/h7-11H,6,12-18H2,1-5H3. The van der Waals surface area contributed by atoms with Crippen LogP contribution in [0.5, 0.6) is 0 Å². The van der Waals surface area contributed by atoms with Crippen LogP contribution in [0.15, 0.2) is 30.3 Å². The highest BCUT2D eigenvalue weighted by Gasteiger charge is 2.27. The Labute approximate surface area is 186 Å². The molecule has 8 heteroatoms. The number of hydrogen-bond acceptors (Lipinski definition) is 5. The fraction of sp³-hybridized carbons (Fsp3) is 0.565. The molecule has 3 rings (SSSR count). The van der Waals surface area contributed by atoms with Crippen LogP contribution in [0.2, 0.25) is 0 Å². The van der Waals surface area contributed by atoms with Crippen molar-refractivity contribution in [2.45, 2.75) is 20.4 Å². The van der Waals surface area contributed by atoms with E-state index in [1.54, 1.807) is 26.1 Å². The van der Waals surface area contributed by atoms with Crippen LogP contribution in [0.25, 0.3) is 5.69 Å². The van der Waals surface area contributed by atoms with Gasteiger partial charge in [0.15, 0.2) is 0 Å². The van der Waals surface area contributed by atoms with Crippen LogP contribution in [-0.2, 0) is 11.3 Å². The maximum atomic E-state index is 12.9. The van der Waals surface area contributed by atoms with Gasteiger partial charge in [-0.15, -0.1) is 0 Å². The van der Waals surface area contributed by atoms with Crippen molar-refractivity contribution in [1.82, 2.24) is 24.5 Å². The van der Waals surface area contributed by atoms with Crippen LogP contribution in [0, 0.1) is 6.92 Å². The summed E-state index contributed by atoms with van der Waals surface area (Å²) >= 11 is 0. The fourth-order valence-electron chi connectivity index (χ4n) is 4.00. The Morgan fingerprint density at radius 2 is 1.81 bits per heavy atom. The number of aromatic nitrogens is 2. The molecule has 1 aliphatic rings. The molecule has 31 heavy (non-hydrogen) atoms. The molecule has 0 radical (unpaired) electrons. The number of carbonyl (C=O) groups is 1. The first-order chi connectivity index (χ1) is 15.0. The van der Waals surface area contributed by atoms with Crippen molar-refractivity contribution >= 4 is 11.8 Å². The van der Waals surface area contributed by atoms with Crippen molar-refractivity contribution < 1.29 is 9.53 Å². The Morgan fingerprint density at radius 1 is 1.13 bits per heavy atom. The summed E-state index contributed by atoms with van der Waals surface area (Å²) in [6.45, 7) is 10.8. The lowest BCUT2D eigenvalue weighted by atomic mass is 10.2. The number of hydrogen-bond donors (Lipinski definition) is 0. The molecular weight excluding hydrogens is 392 g/mol. The number of rotatable bonds is 8. The Hall–Kier alpha value is -2.58. The lowest BCUT2D eigenvalue weighted by molar-refractivity contribution is 0.132. The molecule has 0 saturated carbocycles. The number of benzene rings is 1. The number of aryl methyl sites for hydroxylation is 1. The summed E-state index contributed by atoms with van der Waals surface area (Å²) in [5, 5.41) is 4.91. The monoisotopic (exact) mass is 428 g/mol. The normalized spacial score (nSPS) is 14.7. The number of anilines is 1. The van der Waals surface area contributed by atoms with Crippen molar-refractivity contribution in [3.05, 3.63) is 41.6 Å². The number of methoxy groups -OCH3 is 1. The minimum atomic E-state index is -0.0225. The van der Waals surface area contributed by atoms with Crippen LogP contribution in [0.3, 0.4) is 0 Å². The highest BCUT2D eigenvalue weighted by molar-refractivity contribution is 5.74. The summed E-state index contributed by atoms with van der Waals surface area (Å²) in [7, 11) is 5.23. The average Bonchev–Trinajstić information content (AvgIpc) is 3.12. The zero-order valence-electron chi connectivity index (χ0n) is 19.5. The van der Waals surface area contributed by atoms with Crippen molar-refractivity contribution in [3.63, 3.8) is 0 Å². The van der Waals surface area contributed by atoms with Gasteiger partial charge in [-0.25, -0.2) is 9.48 Å². The highest BCUT2D eigenvalue weighted by Crippen LogP contribution is 2.30. The number of carbonyl (C=O) groups excluding carboxylic acids is 1. The van der Waals surface area contributed by atoms with E-state index in [-0.39, 0.29) is 6.03 Å². The highest BCUT2D eigenvalue weighted by atomic mass is 16.5. The number of urea groups is 1. The van der Waals surface area contributed by atoms with Gasteiger partial charge in [-0.2, -0.15) is 5.10 Å². The quantitative estimate of drug-likeness (QED) is 0.647. The van der Waals surface area contributed by atoms with Crippen LogP contribution in [-0.4, -0.2) is 97.6 Å². The number of ether oxygens (including phenoxy) is 1. The number of likely N-dealkylation sites (N-methyl/N-ethyl adjacent to an activating group) is 1. The predicted molar refractivity (Wildman–Crippen MR) is 124 cm³/mol. The average molecular weight is 429 g/mol. The summed E-state index contributed by atoms with van der Waals surface area (Å²) in [6, 6.07) is 10.2. The van der Waals surface area contributed by atoms with E-state index in [2.05, 4.69) is 28.9 Å². The zero-order valence-corrected chi connectivity index (χ0v) is 19.5. The van der Waals surface area contributed by atoms with Gasteiger partial charge in [0.25, 0.3) is 0 Å². The third-order valence-electron chi connectivity index (χ3n) is 5.84. The molecular formula is C23H36N6O2. The molecule has 2 aromatic rings. The van der Waals surface area contributed by atoms with Gasteiger partial charge in [-0.05, 0) is 25.6 Å². The molecule has 1 fully saturated rings. The van der Waals surface area contributed by atoms with Gasteiger partial charge in [0, 0.05) is 59.5 Å². The van der Waals surface area contributed by atoms with Gasteiger partial charge in [-0.1, -0.05) is 25.1 Å². The summed E-state index contributed by atoms with van der Waals surface area (Å²) in [4.78, 5) is 21.2.